The molecule has 2 heterocycles. The lowest BCUT2D eigenvalue weighted by Crippen LogP contribution is -2.31. The smallest absolute Gasteiger partial charge is 0.322 e. The number of amides is 1. The molecular formula is C20H19ClN4O3S. The van der Waals surface area contributed by atoms with Crippen molar-refractivity contribution in [2.45, 2.75) is 24.2 Å². The lowest BCUT2D eigenvalue weighted by molar-refractivity contribution is 0.102. The summed E-state index contributed by atoms with van der Waals surface area (Å²) in [5.41, 5.74) is 1.11. The van der Waals surface area contributed by atoms with Crippen LogP contribution in [0.2, 0.25) is 5.02 Å². The highest BCUT2D eigenvalue weighted by Gasteiger charge is 2.19. The Morgan fingerprint density at radius 1 is 1.00 bits per heavy atom. The molecule has 0 spiro atoms. The fourth-order valence-electron chi connectivity index (χ4n) is 3.05. The van der Waals surface area contributed by atoms with Crippen molar-refractivity contribution in [1.29, 1.82) is 0 Å². The summed E-state index contributed by atoms with van der Waals surface area (Å²) < 4.78 is 20.1. The average Bonchev–Trinajstić information content (AvgIpc) is 3.23. The molecule has 1 aliphatic heterocycles. The molecule has 9 heteroatoms. The van der Waals surface area contributed by atoms with Gasteiger partial charge in [0.15, 0.2) is 0 Å². The number of carbonyl (C=O) groups excluding carboxylic acids is 1. The lowest BCUT2D eigenvalue weighted by Gasteiger charge is -2.25. The van der Waals surface area contributed by atoms with Crippen molar-refractivity contribution >= 4 is 34.5 Å². The van der Waals surface area contributed by atoms with Gasteiger partial charge in [0, 0.05) is 29.2 Å². The van der Waals surface area contributed by atoms with Gasteiger partial charge in [-0.15, -0.1) is 5.10 Å². The normalized spacial score (nSPS) is 15.8. The second-order valence-electron chi connectivity index (χ2n) is 6.64. The molecule has 2 aromatic carbocycles. The highest BCUT2D eigenvalue weighted by molar-refractivity contribution is 7.82. The van der Waals surface area contributed by atoms with Gasteiger partial charge in [0.1, 0.15) is 11.0 Å². The minimum Gasteiger partial charge on any atom is -0.403 e. The van der Waals surface area contributed by atoms with Crippen molar-refractivity contribution in [3.63, 3.8) is 0 Å². The van der Waals surface area contributed by atoms with Gasteiger partial charge in [-0.05, 0) is 61.4 Å². The molecule has 1 saturated heterocycles. The zero-order valence-corrected chi connectivity index (χ0v) is 17.1. The van der Waals surface area contributed by atoms with E-state index in [4.69, 9.17) is 16.0 Å². The number of nitrogens with one attached hydrogen (secondary N) is 1. The monoisotopic (exact) mass is 430 g/mol. The predicted octanol–water partition coefficient (Wildman–Crippen LogP) is 4.15. The van der Waals surface area contributed by atoms with Crippen LogP contribution in [0.15, 0.2) is 57.8 Å². The first kappa shape index (κ1) is 19.8. The van der Waals surface area contributed by atoms with Gasteiger partial charge in [-0.1, -0.05) is 23.1 Å². The van der Waals surface area contributed by atoms with Crippen LogP contribution in [-0.2, 0) is 11.0 Å². The Bertz CT molecular complexity index is 1010. The molecule has 0 bridgehead atoms. The topological polar surface area (TPSA) is 88.3 Å². The fourth-order valence-corrected chi connectivity index (χ4v) is 4.44. The zero-order valence-electron chi connectivity index (χ0n) is 15.5. The molecule has 1 unspecified atom stereocenters. The van der Waals surface area contributed by atoms with Gasteiger partial charge < -0.3 is 4.42 Å². The van der Waals surface area contributed by atoms with E-state index in [1.54, 1.807) is 48.5 Å². The van der Waals surface area contributed by atoms with Crippen molar-refractivity contribution in [2.75, 3.05) is 18.4 Å². The molecule has 29 heavy (non-hydrogen) atoms. The Balaban J connectivity index is 1.41. The standard InChI is InChI=1S/C20H19ClN4O3S/c21-16-8-4-15(5-9-16)19-23-24-20(28-19)22-18(26)14-6-10-17(11-7-14)29(27)25-12-2-1-3-13-25/h4-11H,1-3,12-13H2,(H,22,24,26). The maximum atomic E-state index is 12.6. The number of hydrogen-bond acceptors (Lipinski definition) is 5. The van der Waals surface area contributed by atoms with Gasteiger partial charge in [-0.3, -0.25) is 10.1 Å². The number of piperidine rings is 1. The summed E-state index contributed by atoms with van der Waals surface area (Å²) in [6, 6.07) is 13.7. The Morgan fingerprint density at radius 2 is 1.69 bits per heavy atom. The highest BCUT2D eigenvalue weighted by Crippen LogP contribution is 2.22. The number of hydrogen-bond donors (Lipinski definition) is 1. The second kappa shape index (κ2) is 8.86. The van der Waals surface area contributed by atoms with Crippen LogP contribution in [0.3, 0.4) is 0 Å². The average molecular weight is 431 g/mol. The molecular weight excluding hydrogens is 412 g/mol. The van der Waals surface area contributed by atoms with Crippen LogP contribution >= 0.6 is 11.6 Å². The molecule has 1 aliphatic rings. The van der Waals surface area contributed by atoms with E-state index in [-0.39, 0.29) is 17.8 Å². The summed E-state index contributed by atoms with van der Waals surface area (Å²) in [6.45, 7) is 1.67. The van der Waals surface area contributed by atoms with Gasteiger partial charge in [0.2, 0.25) is 5.89 Å². The number of aromatic nitrogens is 2. The van der Waals surface area contributed by atoms with E-state index in [1.807, 2.05) is 4.31 Å². The minimum absolute atomic E-state index is 0.000852. The van der Waals surface area contributed by atoms with Crippen LogP contribution in [0.4, 0.5) is 6.01 Å². The molecule has 150 valence electrons. The summed E-state index contributed by atoms with van der Waals surface area (Å²) in [7, 11) is -1.20. The molecule has 4 rings (SSSR count). The molecule has 7 nitrogen and oxygen atoms in total. The van der Waals surface area contributed by atoms with Crippen LogP contribution in [0.1, 0.15) is 29.6 Å². The molecule has 1 fully saturated rings. The quantitative estimate of drug-likeness (QED) is 0.656. The van der Waals surface area contributed by atoms with E-state index in [2.05, 4.69) is 15.5 Å². The molecule has 0 saturated carbocycles. The maximum Gasteiger partial charge on any atom is 0.322 e. The first-order valence-electron chi connectivity index (χ1n) is 9.28. The summed E-state index contributed by atoms with van der Waals surface area (Å²) in [6.07, 6.45) is 3.31. The number of nitrogens with zero attached hydrogens (tertiary/aromatic N) is 3. The van der Waals surface area contributed by atoms with E-state index in [0.717, 1.165) is 25.9 Å². The molecule has 1 aromatic heterocycles. The molecule has 0 aliphatic carbocycles. The van der Waals surface area contributed by atoms with Crippen molar-refractivity contribution in [1.82, 2.24) is 14.5 Å². The van der Waals surface area contributed by atoms with Crippen LogP contribution < -0.4 is 5.32 Å². The molecule has 0 radical (unpaired) electrons. The third kappa shape index (κ3) is 4.72. The Morgan fingerprint density at radius 3 is 2.38 bits per heavy atom. The largest absolute Gasteiger partial charge is 0.403 e. The van der Waals surface area contributed by atoms with Crippen LogP contribution in [0.5, 0.6) is 0 Å². The van der Waals surface area contributed by atoms with E-state index in [1.165, 1.54) is 6.42 Å². The Kier molecular flexibility index (Phi) is 6.03. The molecule has 1 atom stereocenters. The number of carbonyl (C=O) groups is 1. The van der Waals surface area contributed by atoms with Gasteiger partial charge >= 0.3 is 6.01 Å². The third-order valence-electron chi connectivity index (χ3n) is 4.60. The van der Waals surface area contributed by atoms with E-state index < -0.39 is 11.0 Å². The molecule has 3 aromatic rings. The highest BCUT2D eigenvalue weighted by atomic mass is 35.5. The fraction of sp³-hybridized carbons (Fsp3) is 0.250. The van der Waals surface area contributed by atoms with Crippen molar-refractivity contribution < 1.29 is 13.4 Å². The third-order valence-corrected chi connectivity index (χ3v) is 6.37. The SMILES string of the molecule is O=C(Nc1nnc(-c2ccc(Cl)cc2)o1)c1ccc(S(=O)N2CCCCC2)cc1. The van der Waals surface area contributed by atoms with Gasteiger partial charge in [-0.25, -0.2) is 8.51 Å². The maximum absolute atomic E-state index is 12.6. The summed E-state index contributed by atoms with van der Waals surface area (Å²) in [5, 5.41) is 11.0. The predicted molar refractivity (Wildman–Crippen MR) is 111 cm³/mol. The van der Waals surface area contributed by atoms with Gasteiger partial charge in [0.25, 0.3) is 5.91 Å². The van der Waals surface area contributed by atoms with Crippen LogP contribution in [0.25, 0.3) is 11.5 Å². The number of anilines is 1. The van der Waals surface area contributed by atoms with Crippen molar-refractivity contribution in [3.05, 3.63) is 59.1 Å². The van der Waals surface area contributed by atoms with E-state index >= 15 is 0 Å². The van der Waals surface area contributed by atoms with E-state index in [9.17, 15) is 9.00 Å². The number of benzene rings is 2. The van der Waals surface area contributed by atoms with Crippen LogP contribution in [-0.4, -0.2) is 37.7 Å². The van der Waals surface area contributed by atoms with Crippen molar-refractivity contribution in [2.24, 2.45) is 0 Å². The molecule has 1 N–H and O–H groups in total. The first-order valence-corrected chi connectivity index (χ1v) is 10.8. The summed E-state index contributed by atoms with van der Waals surface area (Å²) in [4.78, 5) is 13.1. The van der Waals surface area contributed by atoms with E-state index in [0.29, 0.717) is 21.0 Å². The Hall–Kier alpha value is -2.55. The molecule has 1 amide bonds. The zero-order chi connectivity index (χ0) is 20.2. The second-order valence-corrected chi connectivity index (χ2v) is 8.56. The van der Waals surface area contributed by atoms with Gasteiger partial charge in [0.05, 0.1) is 4.90 Å². The van der Waals surface area contributed by atoms with Crippen LogP contribution in [0, 0.1) is 0 Å². The summed E-state index contributed by atoms with van der Waals surface area (Å²) >= 11 is 5.87. The Labute approximate surface area is 175 Å². The van der Waals surface area contributed by atoms with Crippen molar-refractivity contribution in [3.8, 4) is 11.5 Å². The first-order chi connectivity index (χ1) is 14.1. The lowest BCUT2D eigenvalue weighted by atomic mass is 10.2. The van der Waals surface area contributed by atoms with Gasteiger partial charge in [-0.2, -0.15) is 0 Å². The number of rotatable bonds is 5. The number of halogens is 1. The summed E-state index contributed by atoms with van der Waals surface area (Å²) in [5.74, 6) is -0.101. The minimum atomic E-state index is -1.20.